The van der Waals surface area contributed by atoms with Crippen molar-refractivity contribution in [2.45, 2.75) is 89.4 Å². The Morgan fingerprint density at radius 1 is 0.905 bits per heavy atom. The van der Waals surface area contributed by atoms with E-state index < -0.39 is 12.2 Å². The fourth-order valence-electron chi connectivity index (χ4n) is 7.02. The molecule has 0 radical (unpaired) electrons. The van der Waals surface area contributed by atoms with Gasteiger partial charge in [-0.15, -0.1) is 0 Å². The third kappa shape index (κ3) is 5.24. The smallest absolute Gasteiger partial charge is 0.200 e. The number of aromatic hydroxyl groups is 2. The molecule has 0 aromatic heterocycles. The number of benzene rings is 3. The number of rotatable bonds is 8. The maximum Gasteiger partial charge on any atom is 0.200 e. The summed E-state index contributed by atoms with van der Waals surface area (Å²) >= 11 is 0. The summed E-state index contributed by atoms with van der Waals surface area (Å²) in [7, 11) is 3.18. The zero-order valence-corrected chi connectivity index (χ0v) is 25.0. The first-order chi connectivity index (χ1) is 20.3. The van der Waals surface area contributed by atoms with E-state index in [1.165, 1.54) is 7.11 Å². The van der Waals surface area contributed by atoms with E-state index in [0.717, 1.165) is 72.8 Å². The van der Waals surface area contributed by atoms with Gasteiger partial charge in [0.05, 0.1) is 26.4 Å². The lowest BCUT2D eigenvalue weighted by atomic mass is 9.73. The van der Waals surface area contributed by atoms with Crippen LogP contribution in [-0.2, 0) is 12.8 Å². The van der Waals surface area contributed by atoms with Crippen LogP contribution in [0.1, 0.15) is 86.6 Å². The van der Waals surface area contributed by atoms with Gasteiger partial charge < -0.3 is 34.3 Å². The zero-order chi connectivity index (χ0) is 29.5. The summed E-state index contributed by atoms with van der Waals surface area (Å²) in [6, 6.07) is 11.0. The highest BCUT2D eigenvalue weighted by atomic mass is 16.5. The van der Waals surface area contributed by atoms with Gasteiger partial charge in [-0.1, -0.05) is 26.3 Å². The molecule has 7 nitrogen and oxygen atoms in total. The van der Waals surface area contributed by atoms with Crippen LogP contribution in [0, 0.1) is 5.92 Å². The number of fused-ring (bicyclic) bond motifs is 5. The third-order valence-electron chi connectivity index (χ3n) is 9.20. The fraction of sp³-hybridized carbons (Fsp3) is 0.486. The Hall–Kier alpha value is -3.58. The van der Waals surface area contributed by atoms with Crippen LogP contribution in [0.4, 0.5) is 0 Å². The lowest BCUT2D eigenvalue weighted by Crippen LogP contribution is -2.32. The molecule has 7 heteroatoms. The fourth-order valence-corrected chi connectivity index (χ4v) is 7.02. The number of phenols is 2. The molecule has 42 heavy (non-hydrogen) atoms. The molecule has 3 atom stereocenters. The van der Waals surface area contributed by atoms with Crippen LogP contribution < -0.4 is 18.9 Å². The summed E-state index contributed by atoms with van der Waals surface area (Å²) in [6.45, 7) is 4.47. The second kappa shape index (κ2) is 11.6. The van der Waals surface area contributed by atoms with Crippen molar-refractivity contribution in [1.29, 1.82) is 0 Å². The first-order valence-corrected chi connectivity index (χ1v) is 15.3. The summed E-state index contributed by atoms with van der Waals surface area (Å²) in [5.41, 5.74) is 6.04. The summed E-state index contributed by atoms with van der Waals surface area (Å²) < 4.78 is 24.2. The van der Waals surface area contributed by atoms with E-state index >= 15 is 0 Å². The van der Waals surface area contributed by atoms with Crippen molar-refractivity contribution in [3.05, 3.63) is 58.7 Å². The quantitative estimate of drug-likeness (QED) is 0.261. The maximum absolute atomic E-state index is 11.5. The molecular weight excluding hydrogens is 532 g/mol. The van der Waals surface area contributed by atoms with Gasteiger partial charge in [0.25, 0.3) is 0 Å². The average molecular weight is 575 g/mol. The normalized spacial score (nSPS) is 21.3. The topological polar surface area (TPSA) is 97.6 Å². The number of phenolic OH excluding ortho intramolecular Hbond substituents is 2. The molecule has 0 unspecified atom stereocenters. The molecule has 1 fully saturated rings. The number of methoxy groups -OCH3 is 2. The van der Waals surface area contributed by atoms with Crippen LogP contribution in [0.15, 0.2) is 36.4 Å². The van der Waals surface area contributed by atoms with E-state index in [1.54, 1.807) is 25.3 Å². The standard InChI is InChI=1S/C35H42O7/c1-19(2)9-10-20-13-27-26-17-28(37)35(21-14-31(40-4)34(38)32(15-21)41-23-7-5-6-8-23)42-29(26)18-30(39-3)33(27)24-12-11-22(36)16-25(20)24/h11-12,14-16,18-20,23,28,35-38H,5-10,13,17H2,1-4H3/t20-,28+,35-/m0/s1. The predicted octanol–water partition coefficient (Wildman–Crippen LogP) is 7.22. The van der Waals surface area contributed by atoms with Gasteiger partial charge in [-0.2, -0.15) is 0 Å². The lowest BCUT2D eigenvalue weighted by molar-refractivity contribution is 0.0200. The highest BCUT2D eigenvalue weighted by Gasteiger charge is 2.38. The third-order valence-corrected chi connectivity index (χ3v) is 9.20. The molecule has 3 aromatic carbocycles. The van der Waals surface area contributed by atoms with Gasteiger partial charge >= 0.3 is 0 Å². The van der Waals surface area contributed by atoms with Crippen LogP contribution in [0.5, 0.6) is 34.5 Å². The maximum atomic E-state index is 11.5. The molecule has 0 saturated heterocycles. The van der Waals surface area contributed by atoms with Crippen LogP contribution in [-0.4, -0.2) is 41.7 Å². The van der Waals surface area contributed by atoms with Crippen LogP contribution >= 0.6 is 0 Å². The van der Waals surface area contributed by atoms with E-state index in [2.05, 4.69) is 13.8 Å². The Morgan fingerprint density at radius 3 is 2.36 bits per heavy atom. The van der Waals surface area contributed by atoms with E-state index in [0.29, 0.717) is 35.2 Å². The van der Waals surface area contributed by atoms with Crippen molar-refractivity contribution in [3.8, 4) is 45.6 Å². The largest absolute Gasteiger partial charge is 0.508 e. The zero-order valence-electron chi connectivity index (χ0n) is 25.0. The molecule has 3 N–H and O–H groups in total. The molecule has 1 aliphatic heterocycles. The summed E-state index contributed by atoms with van der Waals surface area (Å²) in [6.07, 6.45) is 5.96. The number of hydrogen-bond donors (Lipinski definition) is 3. The highest BCUT2D eigenvalue weighted by molar-refractivity contribution is 5.82. The SMILES string of the molecule is COc1cc([C@@H]2Oc3cc(OC)c4c(c3C[C@H]2O)C[C@H](CCC(C)C)c2cc(O)ccc2-4)cc(OC2CCCC2)c1O. The number of aliphatic hydroxyl groups excluding tert-OH is 1. The van der Waals surface area contributed by atoms with E-state index in [9.17, 15) is 15.3 Å². The van der Waals surface area contributed by atoms with Crippen LogP contribution in [0.3, 0.4) is 0 Å². The van der Waals surface area contributed by atoms with Crippen molar-refractivity contribution in [2.24, 2.45) is 5.92 Å². The molecule has 1 heterocycles. The monoisotopic (exact) mass is 574 g/mol. The van der Waals surface area contributed by atoms with Gasteiger partial charge in [0.15, 0.2) is 17.6 Å². The number of aliphatic hydroxyl groups is 1. The molecular formula is C35H42O7. The molecule has 224 valence electrons. The highest BCUT2D eigenvalue weighted by Crippen LogP contribution is 2.53. The van der Waals surface area contributed by atoms with Gasteiger partial charge in [-0.3, -0.25) is 0 Å². The van der Waals surface area contributed by atoms with Gasteiger partial charge in [0, 0.05) is 29.2 Å². The Bertz CT molecular complexity index is 1460. The Morgan fingerprint density at radius 2 is 1.64 bits per heavy atom. The van der Waals surface area contributed by atoms with Crippen LogP contribution in [0.2, 0.25) is 0 Å². The molecule has 0 bridgehead atoms. The van der Waals surface area contributed by atoms with Crippen molar-refractivity contribution < 1.29 is 34.3 Å². The summed E-state index contributed by atoms with van der Waals surface area (Å²) in [5.74, 6) is 3.09. The summed E-state index contributed by atoms with van der Waals surface area (Å²) in [5, 5.41) is 32.7. The van der Waals surface area contributed by atoms with Crippen LogP contribution in [0.25, 0.3) is 11.1 Å². The number of hydrogen-bond acceptors (Lipinski definition) is 7. The molecule has 3 aliphatic rings. The Labute approximate surface area is 248 Å². The Kier molecular flexibility index (Phi) is 7.88. The van der Waals surface area contributed by atoms with E-state index in [-0.39, 0.29) is 29.3 Å². The van der Waals surface area contributed by atoms with Gasteiger partial charge in [0.2, 0.25) is 5.75 Å². The molecule has 1 saturated carbocycles. The predicted molar refractivity (Wildman–Crippen MR) is 161 cm³/mol. The van der Waals surface area contributed by atoms with Crippen molar-refractivity contribution in [1.82, 2.24) is 0 Å². The van der Waals surface area contributed by atoms with Crippen molar-refractivity contribution in [3.63, 3.8) is 0 Å². The minimum atomic E-state index is -0.820. The second-order valence-electron chi connectivity index (χ2n) is 12.5. The van der Waals surface area contributed by atoms with Gasteiger partial charge in [-0.25, -0.2) is 0 Å². The van der Waals surface area contributed by atoms with E-state index in [4.69, 9.17) is 18.9 Å². The van der Waals surface area contributed by atoms with Gasteiger partial charge in [-0.05, 0) is 91.3 Å². The lowest BCUT2D eigenvalue weighted by Gasteiger charge is -2.37. The molecule has 2 aliphatic carbocycles. The van der Waals surface area contributed by atoms with E-state index in [1.807, 2.05) is 18.2 Å². The van der Waals surface area contributed by atoms with Gasteiger partial charge in [0.1, 0.15) is 17.2 Å². The Balaban J connectivity index is 1.40. The molecule has 6 rings (SSSR count). The molecule has 0 spiro atoms. The molecule has 3 aromatic rings. The minimum absolute atomic E-state index is 0.0354. The summed E-state index contributed by atoms with van der Waals surface area (Å²) in [4.78, 5) is 0. The van der Waals surface area contributed by atoms with Crippen molar-refractivity contribution in [2.75, 3.05) is 14.2 Å². The minimum Gasteiger partial charge on any atom is -0.508 e. The molecule has 0 amide bonds. The second-order valence-corrected chi connectivity index (χ2v) is 12.5. The number of ether oxygens (including phenoxy) is 4. The first kappa shape index (κ1) is 28.5. The van der Waals surface area contributed by atoms with Crippen molar-refractivity contribution >= 4 is 0 Å². The first-order valence-electron chi connectivity index (χ1n) is 15.3. The average Bonchev–Trinajstić information content (AvgIpc) is 3.49.